The molecule has 0 aliphatic heterocycles. The van der Waals surface area contributed by atoms with Gasteiger partial charge in [-0.1, -0.05) is 13.8 Å². The molecular weight excluding hydrogens is 224 g/mol. The maximum atomic E-state index is 4.38. The Bertz CT molecular complexity index is 502. The summed E-state index contributed by atoms with van der Waals surface area (Å²) >= 11 is 0. The van der Waals surface area contributed by atoms with Gasteiger partial charge in [0.2, 0.25) is 0 Å². The normalized spacial score (nSPS) is 11.1. The lowest BCUT2D eigenvalue weighted by Crippen LogP contribution is -2.19. The van der Waals surface area contributed by atoms with Gasteiger partial charge in [-0.3, -0.25) is 4.57 Å². The number of nitrogens with one attached hydrogen (secondary N) is 1. The molecule has 18 heavy (non-hydrogen) atoms. The van der Waals surface area contributed by atoms with Gasteiger partial charge in [0.1, 0.15) is 11.6 Å². The third-order valence-electron chi connectivity index (χ3n) is 2.76. The second-order valence-electron chi connectivity index (χ2n) is 4.89. The predicted molar refractivity (Wildman–Crippen MR) is 72.6 cm³/mol. The van der Waals surface area contributed by atoms with Crippen LogP contribution < -0.4 is 5.32 Å². The molecule has 0 spiro atoms. The Morgan fingerprint density at radius 3 is 2.78 bits per heavy atom. The minimum Gasteiger partial charge on any atom is -0.312 e. The average Bonchev–Trinajstić information content (AvgIpc) is 2.75. The van der Waals surface area contributed by atoms with E-state index >= 15 is 0 Å². The Hall–Kier alpha value is -1.68. The van der Waals surface area contributed by atoms with Gasteiger partial charge >= 0.3 is 0 Å². The van der Waals surface area contributed by atoms with Crippen LogP contribution in [-0.4, -0.2) is 21.1 Å². The van der Waals surface area contributed by atoms with E-state index < -0.39 is 0 Å². The first kappa shape index (κ1) is 12.8. The van der Waals surface area contributed by atoms with Crippen LogP contribution in [0.4, 0.5) is 0 Å². The molecule has 96 valence electrons. The van der Waals surface area contributed by atoms with Crippen LogP contribution in [0.3, 0.4) is 0 Å². The molecule has 2 heterocycles. The minimum atomic E-state index is 0.669. The predicted octanol–water partition coefficient (Wildman–Crippen LogP) is 2.32. The largest absolute Gasteiger partial charge is 0.312 e. The lowest BCUT2D eigenvalue weighted by Gasteiger charge is -2.09. The van der Waals surface area contributed by atoms with Gasteiger partial charge in [0, 0.05) is 25.1 Å². The maximum Gasteiger partial charge on any atom is 0.138 e. The van der Waals surface area contributed by atoms with Gasteiger partial charge < -0.3 is 5.32 Å². The smallest absolute Gasteiger partial charge is 0.138 e. The molecule has 0 atom stereocenters. The van der Waals surface area contributed by atoms with Gasteiger partial charge in [-0.25, -0.2) is 9.97 Å². The Kier molecular flexibility index (Phi) is 4.10. The van der Waals surface area contributed by atoms with E-state index in [9.17, 15) is 0 Å². The topological polar surface area (TPSA) is 42.7 Å². The van der Waals surface area contributed by atoms with E-state index in [0.717, 1.165) is 24.7 Å². The molecule has 4 heteroatoms. The summed E-state index contributed by atoms with van der Waals surface area (Å²) in [5, 5.41) is 3.44. The van der Waals surface area contributed by atoms with E-state index in [2.05, 4.69) is 35.2 Å². The fourth-order valence-electron chi connectivity index (χ4n) is 1.83. The van der Waals surface area contributed by atoms with Gasteiger partial charge in [0.15, 0.2) is 0 Å². The molecule has 0 aliphatic carbocycles. The highest BCUT2D eigenvalue weighted by Crippen LogP contribution is 2.09. The Labute approximate surface area is 108 Å². The summed E-state index contributed by atoms with van der Waals surface area (Å²) in [6.45, 7) is 8.30. The van der Waals surface area contributed by atoms with Crippen molar-refractivity contribution in [2.75, 3.05) is 6.54 Å². The third-order valence-corrected chi connectivity index (χ3v) is 2.76. The molecule has 0 amide bonds. The van der Waals surface area contributed by atoms with Crippen LogP contribution in [0.5, 0.6) is 0 Å². The standard InChI is InChI=1S/C14H20N4/c1-11(2)9-15-10-13-4-5-17-14(8-13)18-7-6-16-12(18)3/h4-8,11,15H,9-10H2,1-3H3. The van der Waals surface area contributed by atoms with Crippen molar-refractivity contribution >= 4 is 0 Å². The number of nitrogens with zero attached hydrogens (tertiary/aromatic N) is 3. The highest BCUT2D eigenvalue weighted by molar-refractivity contribution is 5.29. The van der Waals surface area contributed by atoms with E-state index in [4.69, 9.17) is 0 Å². The SMILES string of the molecule is Cc1nccn1-c1cc(CNCC(C)C)ccn1. The third kappa shape index (κ3) is 3.17. The van der Waals surface area contributed by atoms with Crippen molar-refractivity contribution < 1.29 is 0 Å². The monoisotopic (exact) mass is 244 g/mol. The second kappa shape index (κ2) is 5.78. The lowest BCUT2D eigenvalue weighted by molar-refractivity contribution is 0.552. The van der Waals surface area contributed by atoms with Crippen molar-refractivity contribution in [3.63, 3.8) is 0 Å². The number of pyridine rings is 1. The van der Waals surface area contributed by atoms with Crippen LogP contribution in [0.1, 0.15) is 25.2 Å². The van der Waals surface area contributed by atoms with Crippen LogP contribution in [-0.2, 0) is 6.54 Å². The molecule has 0 aromatic carbocycles. The van der Waals surface area contributed by atoms with Crippen molar-refractivity contribution in [3.8, 4) is 5.82 Å². The van der Waals surface area contributed by atoms with Gasteiger partial charge in [-0.15, -0.1) is 0 Å². The average molecular weight is 244 g/mol. The lowest BCUT2D eigenvalue weighted by atomic mass is 10.2. The molecule has 2 aromatic rings. The van der Waals surface area contributed by atoms with Crippen LogP contribution in [0, 0.1) is 12.8 Å². The number of aryl methyl sites for hydroxylation is 1. The highest BCUT2D eigenvalue weighted by Gasteiger charge is 2.03. The van der Waals surface area contributed by atoms with E-state index in [0.29, 0.717) is 5.92 Å². The summed E-state index contributed by atoms with van der Waals surface area (Å²) in [5.74, 6) is 2.55. The van der Waals surface area contributed by atoms with E-state index in [1.165, 1.54) is 5.56 Å². The van der Waals surface area contributed by atoms with Crippen LogP contribution in [0.25, 0.3) is 5.82 Å². The fraction of sp³-hybridized carbons (Fsp3) is 0.429. The Morgan fingerprint density at radius 1 is 1.28 bits per heavy atom. The molecule has 2 aromatic heterocycles. The van der Waals surface area contributed by atoms with Crippen LogP contribution in [0.15, 0.2) is 30.7 Å². The zero-order valence-corrected chi connectivity index (χ0v) is 11.2. The number of hydrogen-bond acceptors (Lipinski definition) is 3. The Morgan fingerprint density at radius 2 is 2.11 bits per heavy atom. The molecule has 0 aliphatic rings. The zero-order chi connectivity index (χ0) is 13.0. The van der Waals surface area contributed by atoms with Gasteiger partial charge in [0.25, 0.3) is 0 Å². The van der Waals surface area contributed by atoms with Crippen molar-refractivity contribution in [3.05, 3.63) is 42.1 Å². The van der Waals surface area contributed by atoms with Gasteiger partial charge in [-0.05, 0) is 37.1 Å². The minimum absolute atomic E-state index is 0.669. The molecular formula is C14H20N4. The van der Waals surface area contributed by atoms with E-state index in [1.807, 2.05) is 30.0 Å². The first-order valence-electron chi connectivity index (χ1n) is 6.33. The van der Waals surface area contributed by atoms with Gasteiger partial charge in [0.05, 0.1) is 0 Å². The van der Waals surface area contributed by atoms with Crippen molar-refractivity contribution in [2.24, 2.45) is 5.92 Å². The molecule has 0 bridgehead atoms. The van der Waals surface area contributed by atoms with Crippen molar-refractivity contribution in [2.45, 2.75) is 27.3 Å². The van der Waals surface area contributed by atoms with Crippen LogP contribution >= 0.6 is 0 Å². The number of rotatable bonds is 5. The van der Waals surface area contributed by atoms with E-state index in [-0.39, 0.29) is 0 Å². The highest BCUT2D eigenvalue weighted by atomic mass is 15.1. The van der Waals surface area contributed by atoms with Crippen LogP contribution in [0.2, 0.25) is 0 Å². The number of aromatic nitrogens is 3. The van der Waals surface area contributed by atoms with Gasteiger partial charge in [-0.2, -0.15) is 0 Å². The summed E-state index contributed by atoms with van der Waals surface area (Å²) < 4.78 is 1.99. The summed E-state index contributed by atoms with van der Waals surface area (Å²) in [6, 6.07) is 4.14. The van der Waals surface area contributed by atoms with E-state index in [1.54, 1.807) is 6.20 Å². The van der Waals surface area contributed by atoms with Crippen molar-refractivity contribution in [1.29, 1.82) is 0 Å². The Balaban J connectivity index is 2.08. The molecule has 0 fully saturated rings. The molecule has 0 saturated heterocycles. The summed E-state index contributed by atoms with van der Waals surface area (Å²) in [6.07, 6.45) is 5.57. The van der Waals surface area contributed by atoms with Crippen molar-refractivity contribution in [1.82, 2.24) is 19.9 Å². The zero-order valence-electron chi connectivity index (χ0n) is 11.2. The summed E-state index contributed by atoms with van der Waals surface area (Å²) in [5.41, 5.74) is 1.24. The molecule has 1 N–H and O–H groups in total. The molecule has 0 unspecified atom stereocenters. The fourth-order valence-corrected chi connectivity index (χ4v) is 1.83. The molecule has 2 rings (SSSR count). The molecule has 0 saturated carbocycles. The first-order valence-corrected chi connectivity index (χ1v) is 6.33. The number of imidazole rings is 1. The second-order valence-corrected chi connectivity index (χ2v) is 4.89. The summed E-state index contributed by atoms with van der Waals surface area (Å²) in [7, 11) is 0. The molecule has 0 radical (unpaired) electrons. The molecule has 4 nitrogen and oxygen atoms in total. The first-order chi connectivity index (χ1) is 8.66. The number of hydrogen-bond donors (Lipinski definition) is 1. The quantitative estimate of drug-likeness (QED) is 0.877. The maximum absolute atomic E-state index is 4.38. The summed E-state index contributed by atoms with van der Waals surface area (Å²) in [4.78, 5) is 8.60.